The number of carbonyl (C=O) groups is 1. The van der Waals surface area contributed by atoms with E-state index in [2.05, 4.69) is 27.6 Å². The average molecular weight is 452 g/mol. The second kappa shape index (κ2) is 11.9. The van der Waals surface area contributed by atoms with Gasteiger partial charge < -0.3 is 20.3 Å². The van der Waals surface area contributed by atoms with E-state index in [-0.39, 0.29) is 29.9 Å². The summed E-state index contributed by atoms with van der Waals surface area (Å²) in [7, 11) is 3.89. The molecule has 0 atom stereocenters. The van der Waals surface area contributed by atoms with Gasteiger partial charge in [0.25, 0.3) is 0 Å². The van der Waals surface area contributed by atoms with Gasteiger partial charge in [-0.15, -0.1) is 24.0 Å². The molecule has 7 heteroatoms. The van der Waals surface area contributed by atoms with Crippen LogP contribution in [0, 0.1) is 5.92 Å². The van der Waals surface area contributed by atoms with Crippen molar-refractivity contribution in [2.24, 2.45) is 10.9 Å². The number of hydrogen-bond donors (Lipinski definition) is 2. The van der Waals surface area contributed by atoms with Crippen LogP contribution >= 0.6 is 24.0 Å². The van der Waals surface area contributed by atoms with E-state index in [0.29, 0.717) is 12.5 Å². The fourth-order valence-electron chi connectivity index (χ4n) is 2.88. The van der Waals surface area contributed by atoms with E-state index in [1.54, 1.807) is 0 Å². The molecule has 2 aliphatic rings. The zero-order valence-electron chi connectivity index (χ0n) is 15.1. The lowest BCUT2D eigenvalue weighted by atomic mass is 9.96. The topological polar surface area (TPSA) is 66.0 Å². The molecule has 24 heavy (non-hydrogen) atoms. The molecule has 0 spiro atoms. The summed E-state index contributed by atoms with van der Waals surface area (Å²) in [6.07, 6.45) is 7.26. The first kappa shape index (κ1) is 21.5. The smallest absolute Gasteiger partial charge is 0.220 e. The number of aliphatic imine (C=N–C) groups is 1. The van der Waals surface area contributed by atoms with Crippen LogP contribution < -0.4 is 10.6 Å². The average Bonchev–Trinajstić information content (AvgIpc) is 3.37. The Morgan fingerprint density at radius 3 is 2.58 bits per heavy atom. The molecule has 0 bridgehead atoms. The first-order chi connectivity index (χ1) is 11.2. The highest BCUT2D eigenvalue weighted by atomic mass is 127. The van der Waals surface area contributed by atoms with Gasteiger partial charge in [-0.05, 0) is 44.4 Å². The van der Waals surface area contributed by atoms with Gasteiger partial charge in [-0.25, -0.2) is 0 Å². The summed E-state index contributed by atoms with van der Waals surface area (Å²) in [6, 6.07) is 0.458. The third-order valence-electron chi connectivity index (χ3n) is 4.59. The second-order valence-electron chi connectivity index (χ2n) is 6.69. The normalized spacial score (nSPS) is 18.7. The van der Waals surface area contributed by atoms with Crippen LogP contribution in [-0.2, 0) is 9.53 Å². The van der Waals surface area contributed by atoms with Crippen molar-refractivity contribution < 1.29 is 9.53 Å². The molecule has 1 heterocycles. The largest absolute Gasteiger partial charge is 0.381 e. The maximum Gasteiger partial charge on any atom is 0.220 e. The Balaban J connectivity index is 0.00000288. The van der Waals surface area contributed by atoms with Gasteiger partial charge in [0, 0.05) is 52.9 Å². The van der Waals surface area contributed by atoms with Crippen molar-refractivity contribution >= 4 is 35.8 Å². The van der Waals surface area contributed by atoms with E-state index in [9.17, 15) is 4.79 Å². The number of hydrogen-bond acceptors (Lipinski definition) is 3. The monoisotopic (exact) mass is 452 g/mol. The number of nitrogens with one attached hydrogen (secondary N) is 2. The Kier molecular flexibility index (Phi) is 10.6. The second-order valence-corrected chi connectivity index (χ2v) is 6.69. The van der Waals surface area contributed by atoms with Crippen LogP contribution in [0.5, 0.6) is 0 Å². The van der Waals surface area contributed by atoms with E-state index in [1.165, 1.54) is 19.3 Å². The number of amides is 1. The summed E-state index contributed by atoms with van der Waals surface area (Å²) in [5, 5.41) is 6.37. The highest BCUT2D eigenvalue weighted by Crippen LogP contribution is 2.19. The van der Waals surface area contributed by atoms with Gasteiger partial charge in [-0.2, -0.15) is 0 Å². The molecule has 1 saturated heterocycles. The lowest BCUT2D eigenvalue weighted by molar-refractivity contribution is -0.121. The molecule has 1 amide bonds. The standard InChI is InChI=1S/C17H32N4O2.HI/c1-18-17(19-10-3-4-16(22)20-15-5-6-15)21(2)11-7-14-8-12-23-13-9-14;/h14-15H,3-13H2,1-2H3,(H,18,19)(H,20,22);1H. The van der Waals surface area contributed by atoms with Crippen molar-refractivity contribution in [1.82, 2.24) is 15.5 Å². The molecule has 0 aromatic carbocycles. The molecule has 2 fully saturated rings. The van der Waals surface area contributed by atoms with Crippen molar-refractivity contribution in [3.05, 3.63) is 0 Å². The van der Waals surface area contributed by atoms with E-state index < -0.39 is 0 Å². The zero-order chi connectivity index (χ0) is 16.5. The van der Waals surface area contributed by atoms with E-state index in [1.807, 2.05) is 7.05 Å². The first-order valence-corrected chi connectivity index (χ1v) is 8.98. The molecule has 0 radical (unpaired) electrons. The Labute approximate surface area is 163 Å². The van der Waals surface area contributed by atoms with Crippen LogP contribution in [-0.4, -0.2) is 63.2 Å². The molecule has 1 aliphatic carbocycles. The summed E-state index contributed by atoms with van der Waals surface area (Å²) in [5.41, 5.74) is 0. The molecule has 140 valence electrons. The fourth-order valence-corrected chi connectivity index (χ4v) is 2.88. The number of halogens is 1. The Morgan fingerprint density at radius 1 is 1.25 bits per heavy atom. The molecule has 0 unspecified atom stereocenters. The number of carbonyl (C=O) groups excluding carboxylic acids is 1. The zero-order valence-corrected chi connectivity index (χ0v) is 17.4. The van der Waals surface area contributed by atoms with Crippen molar-refractivity contribution in [3.63, 3.8) is 0 Å². The maximum atomic E-state index is 11.6. The van der Waals surface area contributed by atoms with Crippen LogP contribution in [0.15, 0.2) is 4.99 Å². The molecular formula is C17H33IN4O2. The number of rotatable bonds is 8. The Hall–Kier alpha value is -0.570. The van der Waals surface area contributed by atoms with Crippen molar-refractivity contribution in [2.75, 3.05) is 40.4 Å². The lowest BCUT2D eigenvalue weighted by Gasteiger charge is -2.26. The molecule has 0 aromatic heterocycles. The predicted molar refractivity (Wildman–Crippen MR) is 108 cm³/mol. The van der Waals surface area contributed by atoms with Gasteiger partial charge in [0.05, 0.1) is 0 Å². The van der Waals surface area contributed by atoms with Gasteiger partial charge in [0.1, 0.15) is 0 Å². The highest BCUT2D eigenvalue weighted by Gasteiger charge is 2.22. The van der Waals surface area contributed by atoms with Crippen LogP contribution in [0.2, 0.25) is 0 Å². The fraction of sp³-hybridized carbons (Fsp3) is 0.882. The Morgan fingerprint density at radius 2 is 1.96 bits per heavy atom. The van der Waals surface area contributed by atoms with Crippen LogP contribution in [0.3, 0.4) is 0 Å². The summed E-state index contributed by atoms with van der Waals surface area (Å²) in [5.74, 6) is 1.87. The first-order valence-electron chi connectivity index (χ1n) is 8.98. The molecular weight excluding hydrogens is 419 g/mol. The van der Waals surface area contributed by atoms with Crippen LogP contribution in [0.1, 0.15) is 44.9 Å². The summed E-state index contributed by atoms with van der Waals surface area (Å²) in [4.78, 5) is 18.1. The lowest BCUT2D eigenvalue weighted by Crippen LogP contribution is -2.40. The molecule has 1 aliphatic heterocycles. The van der Waals surface area contributed by atoms with Crippen molar-refractivity contribution in [2.45, 2.75) is 51.0 Å². The van der Waals surface area contributed by atoms with Gasteiger partial charge >= 0.3 is 0 Å². The van der Waals surface area contributed by atoms with Gasteiger partial charge in [-0.1, -0.05) is 0 Å². The van der Waals surface area contributed by atoms with Gasteiger partial charge in [-0.3, -0.25) is 9.79 Å². The van der Waals surface area contributed by atoms with E-state index in [0.717, 1.165) is 57.4 Å². The third-order valence-corrected chi connectivity index (χ3v) is 4.59. The molecule has 0 aromatic rings. The maximum absolute atomic E-state index is 11.6. The minimum atomic E-state index is 0. The van der Waals surface area contributed by atoms with E-state index >= 15 is 0 Å². The van der Waals surface area contributed by atoms with Crippen LogP contribution in [0.4, 0.5) is 0 Å². The quantitative estimate of drug-likeness (QED) is 0.256. The molecule has 2 rings (SSSR count). The summed E-state index contributed by atoms with van der Waals surface area (Å²) >= 11 is 0. The van der Waals surface area contributed by atoms with Crippen LogP contribution in [0.25, 0.3) is 0 Å². The van der Waals surface area contributed by atoms with Gasteiger partial charge in [0.2, 0.25) is 5.91 Å². The predicted octanol–water partition coefficient (Wildman–Crippen LogP) is 1.99. The summed E-state index contributed by atoms with van der Waals surface area (Å²) in [6.45, 7) is 3.60. The van der Waals surface area contributed by atoms with Gasteiger partial charge in [0.15, 0.2) is 5.96 Å². The van der Waals surface area contributed by atoms with Crippen molar-refractivity contribution in [3.8, 4) is 0 Å². The Bertz CT molecular complexity index is 396. The molecule has 1 saturated carbocycles. The third kappa shape index (κ3) is 8.50. The van der Waals surface area contributed by atoms with E-state index in [4.69, 9.17) is 4.74 Å². The minimum Gasteiger partial charge on any atom is -0.381 e. The number of ether oxygens (including phenoxy) is 1. The van der Waals surface area contributed by atoms with Crippen molar-refractivity contribution in [1.29, 1.82) is 0 Å². The minimum absolute atomic E-state index is 0. The highest BCUT2D eigenvalue weighted by molar-refractivity contribution is 14.0. The molecule has 2 N–H and O–H groups in total. The SMILES string of the molecule is CN=C(NCCCC(=O)NC1CC1)N(C)CCC1CCOCC1.I. The number of guanidine groups is 1. The molecule has 6 nitrogen and oxygen atoms in total. The summed E-state index contributed by atoms with van der Waals surface area (Å²) < 4.78 is 5.41. The number of nitrogens with zero attached hydrogens (tertiary/aromatic N) is 2.